The van der Waals surface area contributed by atoms with Gasteiger partial charge >= 0.3 is 12.2 Å². The number of ether oxygens (including phenoxy) is 2. The quantitative estimate of drug-likeness (QED) is 0.453. The van der Waals surface area contributed by atoms with Gasteiger partial charge in [-0.05, 0) is 101 Å². The molecule has 2 aliphatic carbocycles. The minimum atomic E-state index is -0.712. The van der Waals surface area contributed by atoms with E-state index in [2.05, 4.69) is 23.2 Å². The largest absolute Gasteiger partial charge is 0.452 e. The number of aryl methyl sites for hydroxylation is 3. The van der Waals surface area contributed by atoms with Crippen molar-refractivity contribution in [3.8, 4) is 0 Å². The number of carbonyl (C=O) groups excluding carboxylic acids is 3. The number of nitrogens with zero attached hydrogens (tertiary/aromatic N) is 1. The zero-order valence-electron chi connectivity index (χ0n) is 21.9. The maximum absolute atomic E-state index is 12.8. The summed E-state index contributed by atoms with van der Waals surface area (Å²) >= 11 is 0. The van der Waals surface area contributed by atoms with E-state index >= 15 is 0 Å². The molecule has 4 rings (SSSR count). The number of H-pyrrole nitrogens is 1. The lowest BCUT2D eigenvalue weighted by molar-refractivity contribution is 0.0167. The highest BCUT2D eigenvalue weighted by Gasteiger charge is 2.39. The molecular weight excluding hydrogens is 456 g/mol. The second-order valence-corrected chi connectivity index (χ2v) is 11.0. The number of nitrogens with one attached hydrogen (secondary N) is 1. The Labute approximate surface area is 213 Å². The van der Waals surface area contributed by atoms with Gasteiger partial charge in [0.05, 0.1) is 12.8 Å². The Hall–Kier alpha value is -3.09. The molecule has 7 nitrogen and oxygen atoms in total. The van der Waals surface area contributed by atoms with E-state index < -0.39 is 17.8 Å². The molecule has 0 saturated heterocycles. The third-order valence-corrected chi connectivity index (χ3v) is 7.21. The fraction of sp³-hybridized carbons (Fsp3) is 0.552. The Morgan fingerprint density at radius 2 is 1.81 bits per heavy atom. The van der Waals surface area contributed by atoms with Gasteiger partial charge in [-0.2, -0.15) is 0 Å². The van der Waals surface area contributed by atoms with Crippen molar-refractivity contribution in [3.05, 3.63) is 58.4 Å². The summed E-state index contributed by atoms with van der Waals surface area (Å²) in [7, 11) is 1.26. The summed E-state index contributed by atoms with van der Waals surface area (Å²) in [5.74, 6) is 0.236. The number of Topliss-reactive ketones (excluding diaryl/α,β-unsaturated/α-hetero) is 1. The van der Waals surface area contributed by atoms with Gasteiger partial charge in [-0.3, -0.25) is 4.79 Å². The van der Waals surface area contributed by atoms with E-state index in [0.29, 0.717) is 25.0 Å². The predicted octanol–water partition coefficient (Wildman–Crippen LogP) is 6.35. The average Bonchev–Trinajstić information content (AvgIpc) is 3.57. The second-order valence-electron chi connectivity index (χ2n) is 11.0. The monoisotopic (exact) mass is 494 g/mol. The normalized spacial score (nSPS) is 19.1. The highest BCUT2D eigenvalue weighted by atomic mass is 16.6. The van der Waals surface area contributed by atoms with Crippen molar-refractivity contribution in [1.82, 2.24) is 9.88 Å². The van der Waals surface area contributed by atoms with E-state index in [0.717, 1.165) is 29.9 Å². The van der Waals surface area contributed by atoms with E-state index in [4.69, 9.17) is 9.47 Å². The molecule has 1 unspecified atom stereocenters. The van der Waals surface area contributed by atoms with Crippen molar-refractivity contribution in [1.29, 1.82) is 0 Å². The van der Waals surface area contributed by atoms with Crippen molar-refractivity contribution in [2.75, 3.05) is 7.11 Å². The highest BCUT2D eigenvalue weighted by Crippen LogP contribution is 2.37. The fourth-order valence-electron chi connectivity index (χ4n) is 5.44. The summed E-state index contributed by atoms with van der Waals surface area (Å²) in [5.41, 5.74) is 5.14. The summed E-state index contributed by atoms with van der Waals surface area (Å²) in [4.78, 5) is 42.3. The number of carbonyl (C=O) groups is 3. The van der Waals surface area contributed by atoms with Gasteiger partial charge in [0, 0.05) is 24.1 Å². The van der Waals surface area contributed by atoms with Crippen molar-refractivity contribution < 1.29 is 23.9 Å². The smallest absolute Gasteiger partial charge is 0.420 e. The maximum Gasteiger partial charge on any atom is 0.420 e. The minimum absolute atomic E-state index is 0.113. The van der Waals surface area contributed by atoms with Crippen LogP contribution in [0.15, 0.2) is 30.3 Å². The number of imide groups is 1. The molecule has 1 aromatic carbocycles. The van der Waals surface area contributed by atoms with Gasteiger partial charge in [-0.15, -0.1) is 0 Å². The molecule has 36 heavy (non-hydrogen) atoms. The molecule has 1 heterocycles. The standard InChI is InChI=1S/C29H38N2O5/c1-29(2,3)36-28(34)31(27(33)35-4)23-14-13-22(18-23)24-15-16-25(30-24)26(32)10-5-7-19-11-12-20-8-6-9-21(20)17-19/h11-12,15-17,22-23,30H,5-10,13-14,18H2,1-4H3/t22-,23?/m0/s1. The Kier molecular flexibility index (Phi) is 7.86. The first-order valence-electron chi connectivity index (χ1n) is 13.1. The molecule has 0 aliphatic heterocycles. The molecular formula is C29H38N2O5. The molecule has 1 aromatic heterocycles. The first kappa shape index (κ1) is 26.0. The number of hydrogen-bond donors (Lipinski definition) is 1. The number of aromatic nitrogens is 1. The number of hydrogen-bond acceptors (Lipinski definition) is 5. The van der Waals surface area contributed by atoms with E-state index in [1.54, 1.807) is 20.8 Å². The van der Waals surface area contributed by atoms with Crippen LogP contribution in [0.4, 0.5) is 9.59 Å². The summed E-state index contributed by atoms with van der Waals surface area (Å²) in [6, 6.07) is 10.3. The lowest BCUT2D eigenvalue weighted by Gasteiger charge is -2.29. The van der Waals surface area contributed by atoms with Crippen LogP contribution in [0.3, 0.4) is 0 Å². The van der Waals surface area contributed by atoms with Gasteiger partial charge in [0.15, 0.2) is 5.78 Å². The van der Waals surface area contributed by atoms with Crippen LogP contribution in [-0.4, -0.2) is 46.6 Å². The molecule has 1 fully saturated rings. The van der Waals surface area contributed by atoms with Crippen molar-refractivity contribution >= 4 is 18.0 Å². The van der Waals surface area contributed by atoms with Gasteiger partial charge in [0.1, 0.15) is 5.60 Å². The molecule has 0 spiro atoms. The van der Waals surface area contributed by atoms with E-state index in [9.17, 15) is 14.4 Å². The van der Waals surface area contributed by atoms with Gasteiger partial charge in [0.25, 0.3) is 0 Å². The minimum Gasteiger partial charge on any atom is -0.452 e. The van der Waals surface area contributed by atoms with Crippen molar-refractivity contribution in [2.45, 2.75) is 96.1 Å². The lowest BCUT2D eigenvalue weighted by Crippen LogP contribution is -2.46. The molecule has 2 atom stereocenters. The number of methoxy groups -OCH3 is 1. The Balaban J connectivity index is 1.32. The van der Waals surface area contributed by atoms with Crippen LogP contribution in [0.25, 0.3) is 0 Å². The number of aromatic amines is 1. The summed E-state index contributed by atoms with van der Waals surface area (Å²) in [6.07, 6.45) is 6.49. The summed E-state index contributed by atoms with van der Waals surface area (Å²) < 4.78 is 10.3. The zero-order valence-corrected chi connectivity index (χ0v) is 21.9. The summed E-state index contributed by atoms with van der Waals surface area (Å²) in [5, 5.41) is 0. The van der Waals surface area contributed by atoms with Crippen LogP contribution in [0, 0.1) is 0 Å². The number of amides is 2. The number of fused-ring (bicyclic) bond motifs is 1. The first-order valence-corrected chi connectivity index (χ1v) is 13.1. The third-order valence-electron chi connectivity index (χ3n) is 7.21. The molecule has 1 N–H and O–H groups in total. The molecule has 2 amide bonds. The molecule has 2 aromatic rings. The SMILES string of the molecule is COC(=O)N(C(=O)OC(C)(C)C)C1CC[C@H](c2ccc(C(=O)CCCc3ccc4c(c3)CCC4)[nH]2)C1. The topological polar surface area (TPSA) is 88.7 Å². The van der Waals surface area contributed by atoms with Gasteiger partial charge in [-0.25, -0.2) is 14.5 Å². The molecule has 2 aliphatic rings. The Morgan fingerprint density at radius 3 is 2.56 bits per heavy atom. The number of benzene rings is 1. The number of ketones is 1. The average molecular weight is 495 g/mol. The maximum atomic E-state index is 12.8. The van der Waals surface area contributed by atoms with Crippen LogP contribution < -0.4 is 0 Å². The van der Waals surface area contributed by atoms with Crippen molar-refractivity contribution in [3.63, 3.8) is 0 Å². The number of rotatable bonds is 7. The van der Waals surface area contributed by atoms with Gasteiger partial charge < -0.3 is 14.5 Å². The zero-order chi connectivity index (χ0) is 25.9. The predicted molar refractivity (Wildman–Crippen MR) is 137 cm³/mol. The highest BCUT2D eigenvalue weighted by molar-refractivity contribution is 5.94. The molecule has 0 radical (unpaired) electrons. The molecule has 1 saturated carbocycles. The first-order chi connectivity index (χ1) is 17.1. The lowest BCUT2D eigenvalue weighted by atomic mass is 10.0. The molecule has 0 bridgehead atoms. The van der Waals surface area contributed by atoms with Crippen molar-refractivity contribution in [2.24, 2.45) is 0 Å². The summed E-state index contributed by atoms with van der Waals surface area (Å²) in [6.45, 7) is 5.29. The van der Waals surface area contributed by atoms with Crippen LogP contribution >= 0.6 is 0 Å². The Morgan fingerprint density at radius 1 is 1.03 bits per heavy atom. The van der Waals surface area contributed by atoms with E-state index in [1.165, 1.54) is 43.1 Å². The Bertz CT molecular complexity index is 1110. The van der Waals surface area contributed by atoms with Crippen LogP contribution in [0.2, 0.25) is 0 Å². The fourth-order valence-corrected chi connectivity index (χ4v) is 5.44. The van der Waals surface area contributed by atoms with Crippen LogP contribution in [-0.2, 0) is 28.7 Å². The molecule has 194 valence electrons. The van der Waals surface area contributed by atoms with E-state index in [-0.39, 0.29) is 17.7 Å². The van der Waals surface area contributed by atoms with E-state index in [1.807, 2.05) is 12.1 Å². The van der Waals surface area contributed by atoms with Crippen LogP contribution in [0.1, 0.15) is 98.1 Å². The van der Waals surface area contributed by atoms with Crippen LogP contribution in [0.5, 0.6) is 0 Å². The van der Waals surface area contributed by atoms with Gasteiger partial charge in [-0.1, -0.05) is 18.2 Å². The van der Waals surface area contributed by atoms with Gasteiger partial charge in [0.2, 0.25) is 0 Å². The third kappa shape index (κ3) is 6.18. The molecule has 7 heteroatoms. The second kappa shape index (κ2) is 10.9.